The number of fused-ring (bicyclic) bond motifs is 1. The molecule has 0 spiro atoms. The van der Waals surface area contributed by atoms with Crippen LogP contribution in [0, 0.1) is 24.0 Å². The Morgan fingerprint density at radius 2 is 1.64 bits per heavy atom. The third kappa shape index (κ3) is 3.16. The lowest BCUT2D eigenvalue weighted by molar-refractivity contribution is -0.384. The fraction of sp³-hybridized carbons (Fsp3) is 0.333. The lowest BCUT2D eigenvalue weighted by atomic mass is 9.86. The van der Waals surface area contributed by atoms with Crippen LogP contribution in [0.1, 0.15) is 43.0 Å². The Morgan fingerprint density at radius 1 is 1.04 bits per heavy atom. The average Bonchev–Trinajstić information content (AvgIpc) is 2.53. The van der Waals surface area contributed by atoms with Gasteiger partial charge in [0.1, 0.15) is 0 Å². The first-order valence-electron chi connectivity index (χ1n) is 8.51. The zero-order valence-corrected chi connectivity index (χ0v) is 15.5. The summed E-state index contributed by atoms with van der Waals surface area (Å²) in [5.74, 6) is 0. The Morgan fingerprint density at radius 3 is 2.24 bits per heavy atom. The zero-order valence-electron chi connectivity index (χ0n) is 15.5. The number of hydrogen-bond donors (Lipinski definition) is 0. The Labute approximate surface area is 148 Å². The molecular weight excluding hydrogens is 312 g/mol. The molecule has 0 aliphatic carbocycles. The number of nitrogens with zero attached hydrogens (tertiary/aromatic N) is 2. The van der Waals surface area contributed by atoms with Gasteiger partial charge in [0.2, 0.25) is 0 Å². The number of hydrogen-bond acceptors (Lipinski definition) is 3. The predicted molar refractivity (Wildman–Crippen MR) is 103 cm³/mol. The summed E-state index contributed by atoms with van der Waals surface area (Å²) in [6, 6.07) is 11.4. The molecule has 0 atom stereocenters. The highest BCUT2D eigenvalue weighted by Gasteiger charge is 2.31. The summed E-state index contributed by atoms with van der Waals surface area (Å²) in [7, 11) is 0. The van der Waals surface area contributed by atoms with Crippen LogP contribution in [0.2, 0.25) is 0 Å². The van der Waals surface area contributed by atoms with E-state index in [4.69, 9.17) is 0 Å². The van der Waals surface area contributed by atoms with E-state index in [0.29, 0.717) is 6.54 Å². The molecule has 130 valence electrons. The van der Waals surface area contributed by atoms with Gasteiger partial charge in [-0.3, -0.25) is 10.1 Å². The molecular formula is C21H24N2O2. The highest BCUT2D eigenvalue weighted by atomic mass is 16.6. The Bertz CT molecular complexity index is 864. The largest absolute Gasteiger partial charge is 0.358 e. The Balaban J connectivity index is 2.03. The molecule has 25 heavy (non-hydrogen) atoms. The minimum Gasteiger partial charge on any atom is -0.358 e. The number of rotatable bonds is 3. The van der Waals surface area contributed by atoms with Gasteiger partial charge in [-0.05, 0) is 69.0 Å². The fourth-order valence-corrected chi connectivity index (χ4v) is 3.53. The molecule has 1 aliphatic heterocycles. The summed E-state index contributed by atoms with van der Waals surface area (Å²) in [5.41, 5.74) is 7.43. The molecule has 2 aromatic rings. The van der Waals surface area contributed by atoms with Gasteiger partial charge < -0.3 is 4.90 Å². The number of allylic oxidation sites excluding steroid dienone is 1. The van der Waals surface area contributed by atoms with E-state index in [1.165, 1.54) is 28.0 Å². The van der Waals surface area contributed by atoms with Crippen LogP contribution in [0.25, 0.3) is 5.57 Å². The number of nitro groups is 1. The second-order valence-electron chi connectivity index (χ2n) is 7.44. The maximum absolute atomic E-state index is 10.9. The summed E-state index contributed by atoms with van der Waals surface area (Å²) >= 11 is 0. The quantitative estimate of drug-likeness (QED) is 0.556. The van der Waals surface area contributed by atoms with Gasteiger partial charge in [0, 0.05) is 29.9 Å². The van der Waals surface area contributed by atoms with Crippen LogP contribution < -0.4 is 4.90 Å². The average molecular weight is 336 g/mol. The van der Waals surface area contributed by atoms with Crippen LogP contribution in [0.15, 0.2) is 42.5 Å². The van der Waals surface area contributed by atoms with Crippen LogP contribution >= 0.6 is 0 Å². The molecule has 3 rings (SSSR count). The minimum absolute atomic E-state index is 0.124. The third-order valence-electron chi connectivity index (χ3n) is 5.08. The SMILES string of the molecule is CC1=CC(C)(C)N(Cc2ccc([N+](=O)[O-])cc2)c2cc(C)c(C)cc21. The molecule has 0 amide bonds. The van der Waals surface area contributed by atoms with Crippen LogP contribution in [-0.2, 0) is 6.54 Å². The molecule has 0 unspecified atom stereocenters. The Kier molecular flexibility index (Phi) is 4.15. The number of non-ortho nitro benzene ring substituents is 1. The van der Waals surface area contributed by atoms with Crippen molar-refractivity contribution in [2.75, 3.05) is 4.90 Å². The van der Waals surface area contributed by atoms with Crippen molar-refractivity contribution in [1.82, 2.24) is 0 Å². The van der Waals surface area contributed by atoms with Crippen LogP contribution in [0.3, 0.4) is 0 Å². The molecule has 0 aromatic heterocycles. The molecule has 4 heteroatoms. The molecule has 0 saturated carbocycles. The monoisotopic (exact) mass is 336 g/mol. The van der Waals surface area contributed by atoms with Gasteiger partial charge in [0.05, 0.1) is 10.5 Å². The van der Waals surface area contributed by atoms with Crippen molar-refractivity contribution < 1.29 is 4.92 Å². The van der Waals surface area contributed by atoms with E-state index in [1.807, 2.05) is 12.1 Å². The lowest BCUT2D eigenvalue weighted by Crippen LogP contribution is -2.44. The summed E-state index contributed by atoms with van der Waals surface area (Å²) in [4.78, 5) is 12.9. The Hall–Kier alpha value is -2.62. The van der Waals surface area contributed by atoms with E-state index in [1.54, 1.807) is 12.1 Å². The molecule has 0 radical (unpaired) electrons. The van der Waals surface area contributed by atoms with Crippen molar-refractivity contribution in [2.45, 2.75) is 46.7 Å². The highest BCUT2D eigenvalue weighted by molar-refractivity contribution is 5.82. The van der Waals surface area contributed by atoms with Gasteiger partial charge in [-0.1, -0.05) is 18.2 Å². The summed E-state index contributed by atoms with van der Waals surface area (Å²) in [5, 5.41) is 10.9. The van der Waals surface area contributed by atoms with Gasteiger partial charge in [-0.15, -0.1) is 0 Å². The van der Waals surface area contributed by atoms with Crippen molar-refractivity contribution in [1.29, 1.82) is 0 Å². The predicted octanol–water partition coefficient (Wildman–Crippen LogP) is 5.41. The smallest absolute Gasteiger partial charge is 0.269 e. The van der Waals surface area contributed by atoms with Crippen LogP contribution in [-0.4, -0.2) is 10.5 Å². The number of aryl methyl sites for hydroxylation is 2. The first kappa shape index (κ1) is 17.2. The molecule has 0 N–H and O–H groups in total. The maximum Gasteiger partial charge on any atom is 0.269 e. The molecule has 4 nitrogen and oxygen atoms in total. The fourth-order valence-electron chi connectivity index (χ4n) is 3.53. The molecule has 2 aromatic carbocycles. The molecule has 0 fully saturated rings. The van der Waals surface area contributed by atoms with E-state index in [-0.39, 0.29) is 16.1 Å². The highest BCUT2D eigenvalue weighted by Crippen LogP contribution is 2.41. The van der Waals surface area contributed by atoms with Crippen molar-refractivity contribution in [3.05, 3.63) is 74.8 Å². The maximum atomic E-state index is 10.9. The van der Waals surface area contributed by atoms with Gasteiger partial charge in [0.15, 0.2) is 0 Å². The van der Waals surface area contributed by atoms with Gasteiger partial charge in [-0.25, -0.2) is 0 Å². The van der Waals surface area contributed by atoms with Crippen molar-refractivity contribution >= 4 is 16.9 Å². The van der Waals surface area contributed by atoms with Crippen molar-refractivity contribution in [3.8, 4) is 0 Å². The molecule has 1 aliphatic rings. The van der Waals surface area contributed by atoms with E-state index in [2.05, 4.69) is 57.7 Å². The van der Waals surface area contributed by atoms with E-state index in [0.717, 1.165) is 5.56 Å². The number of nitro benzene ring substituents is 1. The summed E-state index contributed by atoms with van der Waals surface area (Å²) < 4.78 is 0. The van der Waals surface area contributed by atoms with Crippen molar-refractivity contribution in [2.24, 2.45) is 0 Å². The lowest BCUT2D eigenvalue weighted by Gasteiger charge is -2.43. The normalized spacial score (nSPS) is 15.6. The second-order valence-corrected chi connectivity index (χ2v) is 7.44. The zero-order chi connectivity index (χ0) is 18.4. The first-order valence-corrected chi connectivity index (χ1v) is 8.51. The molecule has 0 saturated heterocycles. The van der Waals surface area contributed by atoms with Gasteiger partial charge in [-0.2, -0.15) is 0 Å². The van der Waals surface area contributed by atoms with Crippen molar-refractivity contribution in [3.63, 3.8) is 0 Å². The third-order valence-corrected chi connectivity index (χ3v) is 5.08. The van der Waals surface area contributed by atoms with E-state index >= 15 is 0 Å². The number of anilines is 1. The summed E-state index contributed by atoms with van der Waals surface area (Å²) in [6.07, 6.45) is 2.30. The van der Waals surface area contributed by atoms with Crippen LogP contribution in [0.4, 0.5) is 11.4 Å². The van der Waals surface area contributed by atoms with Gasteiger partial charge >= 0.3 is 0 Å². The first-order chi connectivity index (χ1) is 11.7. The van der Waals surface area contributed by atoms with E-state index in [9.17, 15) is 10.1 Å². The standard InChI is InChI=1S/C21H24N2O2/c1-14-10-19-16(3)12-21(4,5)22(20(19)11-15(14)2)13-17-6-8-18(9-7-17)23(24)25/h6-12H,13H2,1-5H3. The van der Waals surface area contributed by atoms with Crippen LogP contribution in [0.5, 0.6) is 0 Å². The molecule has 1 heterocycles. The van der Waals surface area contributed by atoms with Gasteiger partial charge in [0.25, 0.3) is 5.69 Å². The van der Waals surface area contributed by atoms with E-state index < -0.39 is 0 Å². The topological polar surface area (TPSA) is 46.4 Å². The number of benzene rings is 2. The summed E-state index contributed by atoms with van der Waals surface area (Å²) in [6.45, 7) is 11.6. The molecule has 0 bridgehead atoms. The second kappa shape index (κ2) is 6.03. The minimum atomic E-state index is -0.359.